The summed E-state index contributed by atoms with van der Waals surface area (Å²) in [6, 6.07) is 18.8. The van der Waals surface area contributed by atoms with Crippen LogP contribution < -0.4 is 4.74 Å². The van der Waals surface area contributed by atoms with Gasteiger partial charge in [0.1, 0.15) is 11.8 Å². The number of carbonyl (C=O) groups excluding carboxylic acids is 1. The maximum Gasteiger partial charge on any atom is 0.243 e. The van der Waals surface area contributed by atoms with Crippen LogP contribution in [0.4, 0.5) is 0 Å². The van der Waals surface area contributed by atoms with Gasteiger partial charge in [0, 0.05) is 45.8 Å². The summed E-state index contributed by atoms with van der Waals surface area (Å²) in [5, 5.41) is 0. The van der Waals surface area contributed by atoms with Crippen LogP contribution in [0.1, 0.15) is 24.0 Å². The lowest BCUT2D eigenvalue weighted by molar-refractivity contribution is -0.135. The molecule has 3 aliphatic rings. The molecule has 170 valence electrons. The van der Waals surface area contributed by atoms with E-state index in [1.54, 1.807) is 7.11 Å². The van der Waals surface area contributed by atoms with Gasteiger partial charge >= 0.3 is 0 Å². The first-order valence-electron chi connectivity index (χ1n) is 11.7. The summed E-state index contributed by atoms with van der Waals surface area (Å²) in [4.78, 5) is 23.2. The molecule has 3 fully saturated rings. The summed E-state index contributed by atoms with van der Waals surface area (Å²) in [5.74, 6) is 1.21. The second-order valence-electron chi connectivity index (χ2n) is 9.49. The van der Waals surface area contributed by atoms with Crippen LogP contribution in [-0.4, -0.2) is 84.1 Å². The Labute approximate surface area is 191 Å². The average molecular weight is 435 g/mol. The van der Waals surface area contributed by atoms with E-state index in [-0.39, 0.29) is 11.7 Å². The number of fused-ring (bicyclic) bond motifs is 2. The fourth-order valence-corrected chi connectivity index (χ4v) is 5.78. The monoisotopic (exact) mass is 434 g/mol. The molecule has 6 heteroatoms. The zero-order chi connectivity index (χ0) is 22.1. The van der Waals surface area contributed by atoms with Crippen molar-refractivity contribution in [3.05, 3.63) is 65.7 Å². The third-order valence-electron chi connectivity index (χ3n) is 7.58. The Bertz CT molecular complexity index is 925. The Morgan fingerprint density at radius 2 is 1.59 bits per heavy atom. The Hall–Kier alpha value is -2.41. The topological polar surface area (TPSA) is 39.3 Å². The molecule has 2 aromatic carbocycles. The summed E-state index contributed by atoms with van der Waals surface area (Å²) in [5.41, 5.74) is 2.37. The lowest BCUT2D eigenvalue weighted by Gasteiger charge is -2.51. The van der Waals surface area contributed by atoms with Gasteiger partial charge in [0.2, 0.25) is 5.91 Å². The summed E-state index contributed by atoms with van der Waals surface area (Å²) in [7, 11) is 3.84. The van der Waals surface area contributed by atoms with Gasteiger partial charge in [0.15, 0.2) is 0 Å². The fourth-order valence-electron chi connectivity index (χ4n) is 5.78. The molecule has 0 aromatic heterocycles. The molecular formula is C26H34N4O2. The zero-order valence-corrected chi connectivity index (χ0v) is 19.2. The Morgan fingerprint density at radius 3 is 2.28 bits per heavy atom. The van der Waals surface area contributed by atoms with Crippen LogP contribution in [0, 0.1) is 0 Å². The molecule has 0 N–H and O–H groups in total. The SMILES string of the molecule is COc1ccc(CN2CCC3(CC2)N(Cc2ccccc2)C(=O)[C@H]2CN(C)CCN23)cc1. The minimum atomic E-state index is -0.157. The number of benzene rings is 2. The van der Waals surface area contributed by atoms with E-state index < -0.39 is 0 Å². The highest BCUT2D eigenvalue weighted by atomic mass is 16.5. The van der Waals surface area contributed by atoms with E-state index in [1.165, 1.54) is 11.1 Å². The van der Waals surface area contributed by atoms with Gasteiger partial charge < -0.3 is 14.5 Å². The van der Waals surface area contributed by atoms with Gasteiger partial charge in [-0.15, -0.1) is 0 Å². The maximum atomic E-state index is 13.6. The second kappa shape index (κ2) is 8.85. The van der Waals surface area contributed by atoms with Crippen molar-refractivity contribution < 1.29 is 9.53 Å². The number of hydrogen-bond donors (Lipinski definition) is 0. The highest BCUT2D eigenvalue weighted by Gasteiger charge is 2.58. The number of ether oxygens (including phenoxy) is 1. The molecule has 3 saturated heterocycles. The zero-order valence-electron chi connectivity index (χ0n) is 19.2. The fraction of sp³-hybridized carbons (Fsp3) is 0.500. The van der Waals surface area contributed by atoms with Crippen molar-refractivity contribution in [2.24, 2.45) is 0 Å². The predicted molar refractivity (Wildman–Crippen MR) is 125 cm³/mol. The van der Waals surface area contributed by atoms with Crippen molar-refractivity contribution in [2.75, 3.05) is 46.9 Å². The number of likely N-dealkylation sites (tertiary alicyclic amines) is 1. The number of methoxy groups -OCH3 is 1. The third-order valence-corrected chi connectivity index (χ3v) is 7.58. The van der Waals surface area contributed by atoms with Crippen molar-refractivity contribution in [3.8, 4) is 5.75 Å². The molecule has 3 aliphatic heterocycles. The van der Waals surface area contributed by atoms with Crippen LogP contribution in [0.5, 0.6) is 5.75 Å². The lowest BCUT2D eigenvalue weighted by atomic mass is 9.92. The van der Waals surface area contributed by atoms with Crippen LogP contribution in [0.2, 0.25) is 0 Å². The lowest BCUT2D eigenvalue weighted by Crippen LogP contribution is -2.63. The number of carbonyl (C=O) groups is 1. The number of nitrogens with zero attached hydrogens (tertiary/aromatic N) is 4. The van der Waals surface area contributed by atoms with Crippen molar-refractivity contribution in [1.29, 1.82) is 0 Å². The van der Waals surface area contributed by atoms with Crippen molar-refractivity contribution >= 4 is 5.91 Å². The largest absolute Gasteiger partial charge is 0.497 e. The van der Waals surface area contributed by atoms with Crippen LogP contribution in [0.3, 0.4) is 0 Å². The van der Waals surface area contributed by atoms with E-state index in [1.807, 2.05) is 18.2 Å². The number of piperidine rings is 1. The van der Waals surface area contributed by atoms with Gasteiger partial charge in [0.05, 0.1) is 12.8 Å². The highest BCUT2D eigenvalue weighted by Crippen LogP contribution is 2.42. The first-order chi connectivity index (χ1) is 15.6. The maximum absolute atomic E-state index is 13.6. The van der Waals surface area contributed by atoms with Gasteiger partial charge in [-0.05, 0) is 43.1 Å². The standard InChI is InChI=1S/C26H34N4O2/c1-27-16-17-29-24(20-27)25(31)30(19-21-6-4-3-5-7-21)26(29)12-14-28(15-13-26)18-22-8-10-23(32-2)11-9-22/h3-11,24H,12-20H2,1-2H3/t24-/m1/s1. The molecule has 5 rings (SSSR count). The Morgan fingerprint density at radius 1 is 0.906 bits per heavy atom. The number of rotatable bonds is 5. The van der Waals surface area contributed by atoms with Crippen molar-refractivity contribution in [1.82, 2.24) is 19.6 Å². The van der Waals surface area contributed by atoms with Gasteiger partial charge in [-0.25, -0.2) is 0 Å². The third kappa shape index (κ3) is 3.91. The molecule has 2 aromatic rings. The molecule has 1 amide bonds. The van der Waals surface area contributed by atoms with Crippen LogP contribution in [0.25, 0.3) is 0 Å². The van der Waals surface area contributed by atoms with Gasteiger partial charge in [-0.1, -0.05) is 42.5 Å². The van der Waals surface area contributed by atoms with E-state index in [0.717, 1.165) is 57.9 Å². The summed E-state index contributed by atoms with van der Waals surface area (Å²) in [6.07, 6.45) is 2.00. The number of piperazine rings is 1. The van der Waals surface area contributed by atoms with E-state index in [2.05, 4.69) is 63.0 Å². The van der Waals surface area contributed by atoms with Gasteiger partial charge in [-0.3, -0.25) is 14.6 Å². The average Bonchev–Trinajstić information content (AvgIpc) is 3.04. The smallest absolute Gasteiger partial charge is 0.243 e. The molecule has 0 radical (unpaired) electrons. The summed E-state index contributed by atoms with van der Waals surface area (Å²) in [6.45, 7) is 6.49. The predicted octanol–water partition coefficient (Wildman–Crippen LogP) is 2.65. The summed E-state index contributed by atoms with van der Waals surface area (Å²) >= 11 is 0. The molecule has 0 saturated carbocycles. The van der Waals surface area contributed by atoms with E-state index >= 15 is 0 Å². The molecule has 1 atom stereocenters. The molecule has 0 bridgehead atoms. The first kappa shape index (κ1) is 21.4. The first-order valence-corrected chi connectivity index (χ1v) is 11.7. The van der Waals surface area contributed by atoms with Crippen molar-refractivity contribution in [2.45, 2.75) is 37.6 Å². The molecule has 32 heavy (non-hydrogen) atoms. The van der Waals surface area contributed by atoms with E-state index in [0.29, 0.717) is 12.5 Å². The summed E-state index contributed by atoms with van der Waals surface area (Å²) < 4.78 is 5.29. The molecule has 3 heterocycles. The Balaban J connectivity index is 1.34. The van der Waals surface area contributed by atoms with E-state index in [9.17, 15) is 4.79 Å². The van der Waals surface area contributed by atoms with E-state index in [4.69, 9.17) is 4.74 Å². The van der Waals surface area contributed by atoms with Gasteiger partial charge in [0.25, 0.3) is 0 Å². The van der Waals surface area contributed by atoms with Crippen LogP contribution in [0.15, 0.2) is 54.6 Å². The normalized spacial score (nSPS) is 24.1. The second-order valence-corrected chi connectivity index (χ2v) is 9.49. The van der Waals surface area contributed by atoms with Crippen LogP contribution >= 0.6 is 0 Å². The molecule has 0 unspecified atom stereocenters. The number of hydrogen-bond acceptors (Lipinski definition) is 5. The molecule has 6 nitrogen and oxygen atoms in total. The van der Waals surface area contributed by atoms with Gasteiger partial charge in [-0.2, -0.15) is 0 Å². The van der Waals surface area contributed by atoms with Crippen LogP contribution in [-0.2, 0) is 17.9 Å². The molecule has 0 aliphatic carbocycles. The minimum Gasteiger partial charge on any atom is -0.497 e. The molecule has 1 spiro atoms. The van der Waals surface area contributed by atoms with Crippen molar-refractivity contribution in [3.63, 3.8) is 0 Å². The number of amides is 1. The molecular weight excluding hydrogens is 400 g/mol. The minimum absolute atomic E-state index is 0.00870. The number of likely N-dealkylation sites (N-methyl/N-ethyl adjacent to an activating group) is 1. The Kier molecular flexibility index (Phi) is 5.93. The quantitative estimate of drug-likeness (QED) is 0.724. The highest BCUT2D eigenvalue weighted by molar-refractivity contribution is 5.85.